The number of Topliss-reactive ketones (excluding diaryl/α,β-unsaturated/α-hetero) is 1. The van der Waals surface area contributed by atoms with Crippen LogP contribution in [0.5, 0.6) is 0 Å². The summed E-state index contributed by atoms with van der Waals surface area (Å²) in [5, 5.41) is 0. The average Bonchev–Trinajstić information content (AvgIpc) is 3.26. The molecule has 28 heavy (non-hydrogen) atoms. The minimum absolute atomic E-state index is 0.0380. The molecule has 0 saturated heterocycles. The summed E-state index contributed by atoms with van der Waals surface area (Å²) in [6.07, 6.45) is 15.1. The van der Waals surface area contributed by atoms with E-state index in [9.17, 15) is 9.18 Å². The Labute approximate surface area is 169 Å². The fourth-order valence-electron chi connectivity index (χ4n) is 6.28. The Bertz CT molecular complexity index is 721. The van der Waals surface area contributed by atoms with Crippen LogP contribution < -0.4 is 0 Å². The highest BCUT2D eigenvalue weighted by molar-refractivity contribution is 5.97. The molecule has 0 amide bonds. The first kappa shape index (κ1) is 19.9. The largest absolute Gasteiger partial charge is 0.294 e. The van der Waals surface area contributed by atoms with Crippen LogP contribution in [-0.2, 0) is 11.2 Å². The molecule has 0 aromatic heterocycles. The van der Waals surface area contributed by atoms with E-state index in [-0.39, 0.29) is 11.7 Å². The maximum Gasteiger partial charge on any atom is 0.162 e. The second kappa shape index (κ2) is 8.93. The van der Waals surface area contributed by atoms with Gasteiger partial charge in [-0.25, -0.2) is 4.39 Å². The van der Waals surface area contributed by atoms with Gasteiger partial charge in [0.2, 0.25) is 0 Å². The van der Waals surface area contributed by atoms with Gasteiger partial charge >= 0.3 is 0 Å². The summed E-state index contributed by atoms with van der Waals surface area (Å²) in [6.45, 7) is 2.33. The molecule has 5 atom stereocenters. The Hall–Kier alpha value is -1.44. The molecule has 1 aromatic rings. The number of allylic oxidation sites excluding steroid dienone is 2. The van der Waals surface area contributed by atoms with E-state index >= 15 is 0 Å². The summed E-state index contributed by atoms with van der Waals surface area (Å²) in [4.78, 5) is 13.4. The van der Waals surface area contributed by atoms with Crippen molar-refractivity contribution in [1.82, 2.24) is 0 Å². The van der Waals surface area contributed by atoms with Gasteiger partial charge in [-0.05, 0) is 105 Å². The molecule has 3 aliphatic carbocycles. The zero-order valence-corrected chi connectivity index (χ0v) is 17.3. The van der Waals surface area contributed by atoms with Crippen LogP contribution in [0.3, 0.4) is 0 Å². The lowest BCUT2D eigenvalue weighted by Gasteiger charge is -2.44. The summed E-state index contributed by atoms with van der Waals surface area (Å²) in [7, 11) is 0. The van der Waals surface area contributed by atoms with Crippen LogP contribution in [0.1, 0.15) is 76.7 Å². The smallest absolute Gasteiger partial charge is 0.162 e. The third-order valence-corrected chi connectivity index (χ3v) is 7.95. The van der Waals surface area contributed by atoms with Gasteiger partial charge < -0.3 is 0 Å². The predicted octanol–water partition coefficient (Wildman–Crippen LogP) is 6.91. The molecule has 2 heteroatoms. The van der Waals surface area contributed by atoms with Gasteiger partial charge in [0, 0.05) is 5.92 Å². The van der Waals surface area contributed by atoms with Crippen LogP contribution in [-0.4, -0.2) is 5.78 Å². The molecule has 2 saturated carbocycles. The van der Waals surface area contributed by atoms with Crippen LogP contribution in [0.4, 0.5) is 4.39 Å². The number of ketones is 1. The SMILES string of the molecule is CCC1CC[C@@H]2C[C@H](C(Cc3cccc(F)c3)C(=O)C3=CCCC3)CC[C@@H]2C1. The van der Waals surface area contributed by atoms with Gasteiger partial charge in [-0.2, -0.15) is 0 Å². The lowest BCUT2D eigenvalue weighted by molar-refractivity contribution is -0.122. The number of benzene rings is 1. The van der Waals surface area contributed by atoms with Crippen molar-refractivity contribution in [1.29, 1.82) is 0 Å². The normalized spacial score (nSPS) is 31.1. The lowest BCUT2D eigenvalue weighted by atomic mass is 9.61. The maximum absolute atomic E-state index is 13.8. The van der Waals surface area contributed by atoms with E-state index in [0.29, 0.717) is 18.1 Å². The number of rotatable bonds is 6. The molecule has 1 aromatic carbocycles. The van der Waals surface area contributed by atoms with E-state index in [1.54, 1.807) is 12.1 Å². The fraction of sp³-hybridized carbons (Fsp3) is 0.654. The van der Waals surface area contributed by atoms with Gasteiger partial charge in [0.25, 0.3) is 0 Å². The van der Waals surface area contributed by atoms with Crippen molar-refractivity contribution in [3.63, 3.8) is 0 Å². The molecule has 3 aliphatic rings. The molecule has 0 aliphatic heterocycles. The van der Waals surface area contributed by atoms with Gasteiger partial charge in [0.15, 0.2) is 5.78 Å². The van der Waals surface area contributed by atoms with E-state index < -0.39 is 0 Å². The molecule has 2 fully saturated rings. The topological polar surface area (TPSA) is 17.1 Å². The first-order valence-corrected chi connectivity index (χ1v) is 11.6. The minimum atomic E-state index is -0.189. The van der Waals surface area contributed by atoms with Crippen LogP contribution in [0.15, 0.2) is 35.9 Å². The van der Waals surface area contributed by atoms with Crippen LogP contribution in [0, 0.1) is 35.4 Å². The highest BCUT2D eigenvalue weighted by Crippen LogP contribution is 2.48. The number of carbonyl (C=O) groups is 1. The summed E-state index contributed by atoms with van der Waals surface area (Å²) in [5.41, 5.74) is 2.03. The second-order valence-corrected chi connectivity index (χ2v) is 9.61. The number of fused-ring (bicyclic) bond motifs is 1. The first-order valence-electron chi connectivity index (χ1n) is 11.6. The number of hydrogen-bond acceptors (Lipinski definition) is 1. The van der Waals surface area contributed by atoms with Crippen LogP contribution in [0.25, 0.3) is 0 Å². The standard InChI is InChI=1S/C26H35FO/c1-2-18-10-11-22-17-23(13-12-21(22)14-18)25(26(28)20-7-3-4-8-20)16-19-6-5-9-24(27)15-19/h5-7,9,15,18,21-23,25H,2-4,8,10-14,16-17H2,1H3/t18?,21-,22-,23-,25?/m1/s1. The highest BCUT2D eigenvalue weighted by atomic mass is 19.1. The first-order chi connectivity index (χ1) is 13.6. The van der Waals surface area contributed by atoms with Crippen LogP contribution >= 0.6 is 0 Å². The number of halogens is 1. The van der Waals surface area contributed by atoms with Crippen molar-refractivity contribution in [2.45, 2.75) is 77.6 Å². The molecule has 0 spiro atoms. The number of carbonyl (C=O) groups excluding carboxylic acids is 1. The zero-order valence-electron chi connectivity index (χ0n) is 17.3. The Balaban J connectivity index is 1.51. The fourth-order valence-corrected chi connectivity index (χ4v) is 6.28. The third kappa shape index (κ3) is 4.42. The highest BCUT2D eigenvalue weighted by Gasteiger charge is 2.40. The van der Waals surface area contributed by atoms with E-state index in [1.165, 1.54) is 51.0 Å². The van der Waals surface area contributed by atoms with E-state index in [4.69, 9.17) is 0 Å². The van der Waals surface area contributed by atoms with Gasteiger partial charge in [-0.15, -0.1) is 0 Å². The minimum Gasteiger partial charge on any atom is -0.294 e. The van der Waals surface area contributed by atoms with Crippen molar-refractivity contribution in [3.05, 3.63) is 47.3 Å². The molecule has 1 nitrogen and oxygen atoms in total. The Morgan fingerprint density at radius 1 is 1.14 bits per heavy atom. The van der Waals surface area contributed by atoms with Crippen molar-refractivity contribution < 1.29 is 9.18 Å². The van der Waals surface area contributed by atoms with Gasteiger partial charge in [-0.3, -0.25) is 4.79 Å². The second-order valence-electron chi connectivity index (χ2n) is 9.61. The Morgan fingerprint density at radius 2 is 1.96 bits per heavy atom. The maximum atomic E-state index is 13.8. The van der Waals surface area contributed by atoms with Gasteiger partial charge in [-0.1, -0.05) is 38.0 Å². The molecular formula is C26H35FO. The lowest BCUT2D eigenvalue weighted by Crippen LogP contribution is -2.36. The van der Waals surface area contributed by atoms with Gasteiger partial charge in [0.05, 0.1) is 0 Å². The van der Waals surface area contributed by atoms with Crippen molar-refractivity contribution in [2.75, 3.05) is 0 Å². The summed E-state index contributed by atoms with van der Waals surface area (Å²) < 4.78 is 13.8. The summed E-state index contributed by atoms with van der Waals surface area (Å²) >= 11 is 0. The van der Waals surface area contributed by atoms with E-state index in [1.807, 2.05) is 6.07 Å². The van der Waals surface area contributed by atoms with Crippen molar-refractivity contribution in [2.24, 2.45) is 29.6 Å². The quantitative estimate of drug-likeness (QED) is 0.522. The van der Waals surface area contributed by atoms with Crippen molar-refractivity contribution in [3.8, 4) is 0 Å². The summed E-state index contributed by atoms with van der Waals surface area (Å²) in [6, 6.07) is 6.90. The molecule has 0 bridgehead atoms. The Kier molecular flexibility index (Phi) is 6.33. The van der Waals surface area contributed by atoms with Crippen LogP contribution in [0.2, 0.25) is 0 Å². The number of hydrogen-bond donors (Lipinski definition) is 0. The van der Waals surface area contributed by atoms with E-state index in [0.717, 1.165) is 48.2 Å². The molecular weight excluding hydrogens is 347 g/mol. The van der Waals surface area contributed by atoms with E-state index in [2.05, 4.69) is 13.0 Å². The molecule has 2 unspecified atom stereocenters. The van der Waals surface area contributed by atoms with Crippen molar-refractivity contribution >= 4 is 5.78 Å². The zero-order chi connectivity index (χ0) is 19.5. The monoisotopic (exact) mass is 382 g/mol. The Morgan fingerprint density at radius 3 is 2.71 bits per heavy atom. The molecule has 4 rings (SSSR count). The molecule has 0 heterocycles. The molecule has 0 radical (unpaired) electrons. The average molecular weight is 383 g/mol. The molecule has 152 valence electrons. The molecule has 0 N–H and O–H groups in total. The third-order valence-electron chi connectivity index (χ3n) is 7.95. The van der Waals surface area contributed by atoms with Gasteiger partial charge in [0.1, 0.15) is 5.82 Å². The summed E-state index contributed by atoms with van der Waals surface area (Å²) in [5.74, 6) is 3.30. The predicted molar refractivity (Wildman–Crippen MR) is 112 cm³/mol.